The van der Waals surface area contributed by atoms with Crippen LogP contribution in [0.15, 0.2) is 18.6 Å². The van der Waals surface area contributed by atoms with Crippen LogP contribution >= 0.6 is 0 Å². The maximum absolute atomic E-state index is 6.26. The van der Waals surface area contributed by atoms with E-state index in [1.54, 1.807) is 0 Å². The Morgan fingerprint density at radius 3 is 2.51 bits per heavy atom. The first kappa shape index (κ1) is 24.5. The molecule has 0 bridgehead atoms. The van der Waals surface area contributed by atoms with Gasteiger partial charge in [-0.3, -0.25) is 4.68 Å². The normalized spacial score (nSPS) is 22.7. The Morgan fingerprint density at radius 2 is 1.78 bits per heavy atom. The lowest BCUT2D eigenvalue weighted by atomic mass is 9.98. The standard InChI is InChI=1S/C27H39N9O/c1-3-23-27(31-19-8-13-37-17-19)33-24-22(15-29-26(28)25(24)32-23)18-14-30-36(16-18)21-6-11-35(12-7-21)20-4-9-34(2)10-5-20/h14-16,19-21H,3-13,17H2,1-2H3,(H2,28,29)(H,31,33)/t19-/m1/s1. The molecule has 0 aromatic carbocycles. The van der Waals surface area contributed by atoms with Crippen molar-refractivity contribution in [1.29, 1.82) is 0 Å². The van der Waals surface area contributed by atoms with Crippen molar-refractivity contribution in [3.63, 3.8) is 0 Å². The van der Waals surface area contributed by atoms with Crippen molar-refractivity contribution < 1.29 is 4.74 Å². The summed E-state index contributed by atoms with van der Waals surface area (Å²) in [6.45, 7) is 8.27. The predicted molar refractivity (Wildman–Crippen MR) is 146 cm³/mol. The summed E-state index contributed by atoms with van der Waals surface area (Å²) >= 11 is 0. The molecule has 3 fully saturated rings. The Balaban J connectivity index is 1.23. The van der Waals surface area contributed by atoms with Gasteiger partial charge in [0, 0.05) is 49.3 Å². The highest BCUT2D eigenvalue weighted by Crippen LogP contribution is 2.33. The van der Waals surface area contributed by atoms with Crippen LogP contribution in [0.1, 0.15) is 50.8 Å². The zero-order valence-corrected chi connectivity index (χ0v) is 22.1. The monoisotopic (exact) mass is 505 g/mol. The number of nitrogen functional groups attached to an aromatic ring is 1. The minimum atomic E-state index is 0.253. The Hall–Kier alpha value is -2.82. The van der Waals surface area contributed by atoms with Gasteiger partial charge in [0.25, 0.3) is 0 Å². The fourth-order valence-corrected chi connectivity index (χ4v) is 6.06. The van der Waals surface area contributed by atoms with Crippen LogP contribution in [-0.4, -0.2) is 93.1 Å². The van der Waals surface area contributed by atoms with Crippen LogP contribution in [0.4, 0.5) is 11.6 Å². The number of hydrogen-bond acceptors (Lipinski definition) is 9. The Bertz CT molecular complexity index is 1220. The zero-order valence-electron chi connectivity index (χ0n) is 22.1. The molecular weight excluding hydrogens is 466 g/mol. The quantitative estimate of drug-likeness (QED) is 0.522. The number of piperidine rings is 2. The molecule has 3 aliphatic rings. The molecule has 3 aromatic rings. The van der Waals surface area contributed by atoms with Crippen LogP contribution in [-0.2, 0) is 11.2 Å². The van der Waals surface area contributed by atoms with E-state index in [9.17, 15) is 0 Å². The van der Waals surface area contributed by atoms with Gasteiger partial charge in [-0.25, -0.2) is 15.0 Å². The van der Waals surface area contributed by atoms with E-state index < -0.39 is 0 Å². The number of pyridine rings is 1. The molecule has 10 heteroatoms. The molecule has 3 N–H and O–H groups in total. The number of nitrogens with two attached hydrogens (primary N) is 1. The number of aryl methyl sites for hydroxylation is 1. The number of anilines is 2. The van der Waals surface area contributed by atoms with E-state index in [-0.39, 0.29) is 6.04 Å². The van der Waals surface area contributed by atoms with Crippen molar-refractivity contribution in [2.75, 3.05) is 57.5 Å². The summed E-state index contributed by atoms with van der Waals surface area (Å²) in [5.74, 6) is 1.22. The molecule has 1 atom stereocenters. The van der Waals surface area contributed by atoms with Gasteiger partial charge in [0.15, 0.2) is 5.82 Å². The SMILES string of the molecule is CCc1nc2c(N)ncc(-c3cnn(C4CCN(C5CCN(C)CC5)CC4)c3)c2nc1N[C@@H]1CCOC1. The number of ether oxygens (including phenoxy) is 1. The van der Waals surface area contributed by atoms with Crippen molar-refractivity contribution >= 4 is 22.7 Å². The van der Waals surface area contributed by atoms with E-state index in [1.807, 2.05) is 12.4 Å². The third-order valence-corrected chi connectivity index (χ3v) is 8.39. The van der Waals surface area contributed by atoms with Gasteiger partial charge in [-0.2, -0.15) is 5.10 Å². The highest BCUT2D eigenvalue weighted by Gasteiger charge is 2.28. The van der Waals surface area contributed by atoms with E-state index >= 15 is 0 Å². The van der Waals surface area contributed by atoms with Crippen LogP contribution < -0.4 is 11.1 Å². The third-order valence-electron chi connectivity index (χ3n) is 8.39. The number of hydrogen-bond donors (Lipinski definition) is 2. The van der Waals surface area contributed by atoms with Crippen LogP contribution in [0.25, 0.3) is 22.2 Å². The second-order valence-electron chi connectivity index (χ2n) is 10.8. The molecule has 0 amide bonds. The summed E-state index contributed by atoms with van der Waals surface area (Å²) in [6.07, 6.45) is 12.5. The highest BCUT2D eigenvalue weighted by molar-refractivity contribution is 5.96. The molecule has 10 nitrogen and oxygen atoms in total. The second kappa shape index (κ2) is 10.5. The lowest BCUT2D eigenvalue weighted by Gasteiger charge is -2.41. The van der Waals surface area contributed by atoms with Crippen molar-refractivity contribution in [2.45, 2.75) is 63.6 Å². The van der Waals surface area contributed by atoms with Crippen LogP contribution in [0.5, 0.6) is 0 Å². The number of likely N-dealkylation sites (tertiary alicyclic amines) is 2. The lowest BCUT2D eigenvalue weighted by molar-refractivity contribution is 0.0851. The summed E-state index contributed by atoms with van der Waals surface area (Å²) in [5, 5.41) is 8.34. The average molecular weight is 506 g/mol. The van der Waals surface area contributed by atoms with Gasteiger partial charge < -0.3 is 25.6 Å². The predicted octanol–water partition coefficient (Wildman–Crippen LogP) is 2.96. The third kappa shape index (κ3) is 5.02. The number of aromatic nitrogens is 5. The van der Waals surface area contributed by atoms with Gasteiger partial charge in [0.2, 0.25) is 0 Å². The number of nitrogens with zero attached hydrogens (tertiary/aromatic N) is 7. The Labute approximate surface area is 218 Å². The van der Waals surface area contributed by atoms with E-state index in [0.717, 1.165) is 79.6 Å². The van der Waals surface area contributed by atoms with Gasteiger partial charge in [0.05, 0.1) is 30.6 Å². The summed E-state index contributed by atoms with van der Waals surface area (Å²) in [7, 11) is 2.23. The Morgan fingerprint density at radius 1 is 1.00 bits per heavy atom. The van der Waals surface area contributed by atoms with Crippen LogP contribution in [0.2, 0.25) is 0 Å². The minimum Gasteiger partial charge on any atom is -0.382 e. The first-order chi connectivity index (χ1) is 18.1. The molecule has 0 radical (unpaired) electrons. The molecule has 198 valence electrons. The summed E-state index contributed by atoms with van der Waals surface area (Å²) < 4.78 is 7.70. The molecule has 6 heterocycles. The van der Waals surface area contributed by atoms with Crippen molar-refractivity contribution in [1.82, 2.24) is 34.5 Å². The van der Waals surface area contributed by atoms with Gasteiger partial charge in [-0.1, -0.05) is 6.92 Å². The first-order valence-corrected chi connectivity index (χ1v) is 13.9. The summed E-state index contributed by atoms with van der Waals surface area (Å²) in [5.41, 5.74) is 10.5. The van der Waals surface area contributed by atoms with Crippen molar-refractivity contribution in [3.05, 3.63) is 24.3 Å². The molecule has 3 saturated heterocycles. The fraction of sp³-hybridized carbons (Fsp3) is 0.630. The van der Waals surface area contributed by atoms with E-state index in [1.165, 1.54) is 25.9 Å². The van der Waals surface area contributed by atoms with Gasteiger partial charge in [-0.05, 0) is 58.7 Å². The van der Waals surface area contributed by atoms with Crippen LogP contribution in [0.3, 0.4) is 0 Å². The smallest absolute Gasteiger partial charge is 0.151 e. The molecule has 3 aromatic heterocycles. The van der Waals surface area contributed by atoms with Crippen molar-refractivity contribution in [3.8, 4) is 11.1 Å². The number of fused-ring (bicyclic) bond motifs is 1. The molecule has 3 aliphatic heterocycles. The average Bonchev–Trinajstić information content (AvgIpc) is 3.62. The fourth-order valence-electron chi connectivity index (χ4n) is 6.06. The lowest BCUT2D eigenvalue weighted by Crippen LogP contribution is -2.47. The highest BCUT2D eigenvalue weighted by atomic mass is 16.5. The van der Waals surface area contributed by atoms with Gasteiger partial charge >= 0.3 is 0 Å². The maximum Gasteiger partial charge on any atom is 0.151 e. The molecule has 0 aliphatic carbocycles. The molecule has 6 rings (SSSR count). The summed E-state index contributed by atoms with van der Waals surface area (Å²) in [6, 6.07) is 1.41. The van der Waals surface area contributed by atoms with E-state index in [4.69, 9.17) is 25.5 Å². The number of rotatable bonds is 6. The van der Waals surface area contributed by atoms with E-state index in [0.29, 0.717) is 24.0 Å². The molecule has 0 unspecified atom stereocenters. The Kier molecular flexibility index (Phi) is 6.96. The summed E-state index contributed by atoms with van der Waals surface area (Å²) in [4.78, 5) is 19.5. The molecule has 0 spiro atoms. The first-order valence-electron chi connectivity index (χ1n) is 13.9. The largest absolute Gasteiger partial charge is 0.382 e. The minimum absolute atomic E-state index is 0.253. The van der Waals surface area contributed by atoms with Crippen molar-refractivity contribution in [2.24, 2.45) is 0 Å². The maximum atomic E-state index is 6.26. The molecule has 37 heavy (non-hydrogen) atoms. The second-order valence-corrected chi connectivity index (χ2v) is 10.8. The topological polar surface area (TPSA) is 110 Å². The van der Waals surface area contributed by atoms with Gasteiger partial charge in [-0.15, -0.1) is 0 Å². The van der Waals surface area contributed by atoms with Gasteiger partial charge in [0.1, 0.15) is 16.9 Å². The number of nitrogens with one attached hydrogen (secondary N) is 1. The molecular formula is C27H39N9O. The zero-order chi connectivity index (χ0) is 25.4. The van der Waals surface area contributed by atoms with Crippen LogP contribution in [0, 0.1) is 0 Å². The molecule has 0 saturated carbocycles. The van der Waals surface area contributed by atoms with E-state index in [2.05, 4.69) is 45.0 Å².